The summed E-state index contributed by atoms with van der Waals surface area (Å²) >= 11 is 0. The predicted molar refractivity (Wildman–Crippen MR) is 70.6 cm³/mol. The first-order chi connectivity index (χ1) is 9.83. The fraction of sp³-hybridized carbons (Fsp3) is 0.143. The first-order valence-corrected chi connectivity index (χ1v) is 6.24. The largest absolute Gasteiger partial charge is 0.454 e. The zero-order valence-electron chi connectivity index (χ0n) is 10.4. The summed E-state index contributed by atoms with van der Waals surface area (Å²) in [7, 11) is 0. The van der Waals surface area contributed by atoms with Crippen LogP contribution in [0.3, 0.4) is 0 Å². The van der Waals surface area contributed by atoms with Gasteiger partial charge in [-0.25, -0.2) is 4.98 Å². The van der Waals surface area contributed by atoms with Crippen molar-refractivity contribution in [3.8, 4) is 11.5 Å². The van der Waals surface area contributed by atoms with Crippen LogP contribution in [0, 0.1) is 0 Å². The van der Waals surface area contributed by atoms with E-state index in [9.17, 15) is 4.79 Å². The molecule has 0 saturated heterocycles. The number of fused-ring (bicyclic) bond motifs is 2. The SMILES string of the molecule is O=C1NC(c2cccc3c2OCO3)Nc2ncccc21. The number of nitrogens with zero attached hydrogens (tertiary/aromatic N) is 1. The van der Waals surface area contributed by atoms with E-state index in [0.29, 0.717) is 22.9 Å². The highest BCUT2D eigenvalue weighted by molar-refractivity contribution is 6.00. The van der Waals surface area contributed by atoms with Crippen LogP contribution in [0.1, 0.15) is 22.1 Å². The third-order valence-corrected chi connectivity index (χ3v) is 3.35. The lowest BCUT2D eigenvalue weighted by Crippen LogP contribution is -2.39. The third kappa shape index (κ3) is 1.58. The molecule has 6 nitrogen and oxygen atoms in total. The summed E-state index contributed by atoms with van der Waals surface area (Å²) in [6.07, 6.45) is 1.26. The van der Waals surface area contributed by atoms with Crippen molar-refractivity contribution >= 4 is 11.7 Å². The van der Waals surface area contributed by atoms with Crippen molar-refractivity contribution in [1.29, 1.82) is 0 Å². The van der Waals surface area contributed by atoms with Crippen LogP contribution < -0.4 is 20.1 Å². The predicted octanol–water partition coefficient (Wildman–Crippen LogP) is 1.66. The average molecular weight is 269 g/mol. The molecule has 3 heterocycles. The van der Waals surface area contributed by atoms with Crippen molar-refractivity contribution in [2.45, 2.75) is 6.17 Å². The van der Waals surface area contributed by atoms with Crippen LogP contribution in [-0.2, 0) is 0 Å². The Morgan fingerprint density at radius 2 is 2.10 bits per heavy atom. The number of amides is 1. The van der Waals surface area contributed by atoms with Crippen LogP contribution in [0.2, 0.25) is 0 Å². The molecule has 0 aliphatic carbocycles. The van der Waals surface area contributed by atoms with E-state index < -0.39 is 0 Å². The molecular formula is C14H11N3O3. The molecule has 1 aromatic carbocycles. The van der Waals surface area contributed by atoms with E-state index >= 15 is 0 Å². The molecule has 1 atom stereocenters. The van der Waals surface area contributed by atoms with E-state index in [2.05, 4.69) is 15.6 Å². The third-order valence-electron chi connectivity index (χ3n) is 3.35. The molecule has 20 heavy (non-hydrogen) atoms. The number of nitrogens with one attached hydrogen (secondary N) is 2. The van der Waals surface area contributed by atoms with Gasteiger partial charge in [0.2, 0.25) is 6.79 Å². The van der Waals surface area contributed by atoms with Gasteiger partial charge in [-0.2, -0.15) is 0 Å². The Morgan fingerprint density at radius 3 is 3.05 bits per heavy atom. The van der Waals surface area contributed by atoms with Gasteiger partial charge in [-0.3, -0.25) is 4.79 Å². The van der Waals surface area contributed by atoms with Gasteiger partial charge >= 0.3 is 0 Å². The van der Waals surface area contributed by atoms with Crippen molar-refractivity contribution < 1.29 is 14.3 Å². The first kappa shape index (κ1) is 11.1. The van der Waals surface area contributed by atoms with Gasteiger partial charge in [-0.15, -0.1) is 0 Å². The van der Waals surface area contributed by atoms with E-state index in [1.165, 1.54) is 0 Å². The van der Waals surface area contributed by atoms with Crippen molar-refractivity contribution in [3.63, 3.8) is 0 Å². The van der Waals surface area contributed by atoms with E-state index in [-0.39, 0.29) is 18.9 Å². The highest BCUT2D eigenvalue weighted by Crippen LogP contribution is 2.39. The number of hydrogen-bond acceptors (Lipinski definition) is 5. The molecule has 2 N–H and O–H groups in total. The van der Waals surface area contributed by atoms with Gasteiger partial charge in [-0.05, 0) is 18.2 Å². The lowest BCUT2D eigenvalue weighted by molar-refractivity contribution is 0.0934. The fourth-order valence-corrected chi connectivity index (χ4v) is 2.42. The lowest BCUT2D eigenvalue weighted by Gasteiger charge is -2.27. The summed E-state index contributed by atoms with van der Waals surface area (Å²) in [5.74, 6) is 1.75. The summed E-state index contributed by atoms with van der Waals surface area (Å²) in [5.41, 5.74) is 1.36. The molecule has 100 valence electrons. The molecule has 1 aromatic heterocycles. The zero-order valence-corrected chi connectivity index (χ0v) is 10.4. The van der Waals surface area contributed by atoms with Gasteiger partial charge < -0.3 is 20.1 Å². The topological polar surface area (TPSA) is 72.5 Å². The molecule has 4 rings (SSSR count). The molecule has 0 saturated carbocycles. The number of hydrogen-bond donors (Lipinski definition) is 2. The minimum Gasteiger partial charge on any atom is -0.454 e. The number of rotatable bonds is 1. The molecule has 0 bridgehead atoms. The molecule has 6 heteroatoms. The van der Waals surface area contributed by atoms with E-state index in [4.69, 9.17) is 9.47 Å². The van der Waals surface area contributed by atoms with Crippen LogP contribution in [0.25, 0.3) is 0 Å². The summed E-state index contributed by atoms with van der Waals surface area (Å²) in [4.78, 5) is 16.3. The molecule has 0 spiro atoms. The van der Waals surface area contributed by atoms with Gasteiger partial charge in [-0.1, -0.05) is 12.1 Å². The van der Waals surface area contributed by atoms with Crippen molar-refractivity contribution in [2.24, 2.45) is 0 Å². The van der Waals surface area contributed by atoms with Crippen molar-refractivity contribution in [3.05, 3.63) is 47.7 Å². The highest BCUT2D eigenvalue weighted by Gasteiger charge is 2.29. The van der Waals surface area contributed by atoms with Crippen LogP contribution in [0.5, 0.6) is 11.5 Å². The maximum atomic E-state index is 12.1. The van der Waals surface area contributed by atoms with Gasteiger partial charge in [0.1, 0.15) is 12.0 Å². The van der Waals surface area contributed by atoms with Crippen LogP contribution in [-0.4, -0.2) is 17.7 Å². The first-order valence-electron chi connectivity index (χ1n) is 6.24. The van der Waals surface area contributed by atoms with Crippen LogP contribution in [0.4, 0.5) is 5.82 Å². The van der Waals surface area contributed by atoms with Gasteiger partial charge in [0.15, 0.2) is 11.5 Å². The maximum Gasteiger partial charge on any atom is 0.256 e. The quantitative estimate of drug-likeness (QED) is 0.823. The lowest BCUT2D eigenvalue weighted by atomic mass is 10.1. The molecule has 1 amide bonds. The fourth-order valence-electron chi connectivity index (χ4n) is 2.42. The van der Waals surface area contributed by atoms with E-state index in [0.717, 1.165) is 5.56 Å². The molecule has 2 aromatic rings. The highest BCUT2D eigenvalue weighted by atomic mass is 16.7. The minimum absolute atomic E-state index is 0.159. The second-order valence-corrected chi connectivity index (χ2v) is 4.53. The zero-order chi connectivity index (χ0) is 13.5. The Balaban J connectivity index is 1.76. The Hall–Kier alpha value is -2.76. The Morgan fingerprint density at radius 1 is 1.15 bits per heavy atom. The molecule has 0 radical (unpaired) electrons. The second-order valence-electron chi connectivity index (χ2n) is 4.53. The molecule has 2 aliphatic rings. The summed E-state index contributed by atoms with van der Waals surface area (Å²) in [6, 6.07) is 9.06. The minimum atomic E-state index is -0.387. The molecule has 0 fully saturated rings. The Bertz CT molecular complexity index is 702. The number of carbonyl (C=O) groups is 1. The molecule has 2 aliphatic heterocycles. The van der Waals surface area contributed by atoms with Crippen molar-refractivity contribution in [2.75, 3.05) is 12.1 Å². The van der Waals surface area contributed by atoms with Gasteiger partial charge in [0, 0.05) is 11.8 Å². The smallest absolute Gasteiger partial charge is 0.256 e. The van der Waals surface area contributed by atoms with E-state index in [1.54, 1.807) is 18.3 Å². The molecule has 1 unspecified atom stereocenters. The standard InChI is InChI=1S/C14H11N3O3/c18-14-9-4-2-6-15-12(9)16-13(17-14)8-3-1-5-10-11(8)20-7-19-10/h1-6,13H,7H2,(H,15,16)(H,17,18). The number of para-hydroxylation sites is 1. The molecular weight excluding hydrogens is 258 g/mol. The van der Waals surface area contributed by atoms with Gasteiger partial charge in [0.25, 0.3) is 5.91 Å². The summed E-state index contributed by atoms with van der Waals surface area (Å²) in [6.45, 7) is 0.196. The van der Waals surface area contributed by atoms with Gasteiger partial charge in [0.05, 0.1) is 5.56 Å². The van der Waals surface area contributed by atoms with Crippen LogP contribution in [0.15, 0.2) is 36.5 Å². The normalized spacial score (nSPS) is 19.0. The number of anilines is 1. The number of pyridine rings is 1. The number of ether oxygens (including phenoxy) is 2. The van der Waals surface area contributed by atoms with Crippen LogP contribution >= 0.6 is 0 Å². The monoisotopic (exact) mass is 269 g/mol. The number of benzene rings is 1. The summed E-state index contributed by atoms with van der Waals surface area (Å²) < 4.78 is 10.8. The van der Waals surface area contributed by atoms with E-state index in [1.807, 2.05) is 18.2 Å². The Labute approximate surface area is 114 Å². The second kappa shape index (κ2) is 4.12. The maximum absolute atomic E-state index is 12.1. The average Bonchev–Trinajstić information content (AvgIpc) is 2.95. The summed E-state index contributed by atoms with van der Waals surface area (Å²) in [5, 5.41) is 6.09. The Kier molecular flexibility index (Phi) is 2.29. The van der Waals surface area contributed by atoms with Crippen molar-refractivity contribution in [1.82, 2.24) is 10.3 Å². The number of aromatic nitrogens is 1. The number of carbonyl (C=O) groups excluding carboxylic acids is 1.